The SMILES string of the molecule is OB(O)c1cc2ccccc2c2ncccc12. The zero-order valence-electron chi connectivity index (χ0n) is 9.04. The van der Waals surface area contributed by atoms with E-state index in [1.165, 1.54) is 0 Å². The lowest BCUT2D eigenvalue weighted by molar-refractivity contribution is 0.426. The molecule has 3 nitrogen and oxygen atoms in total. The topological polar surface area (TPSA) is 53.4 Å². The van der Waals surface area contributed by atoms with Crippen LogP contribution in [0.4, 0.5) is 0 Å². The van der Waals surface area contributed by atoms with Crippen LogP contribution in [0.25, 0.3) is 21.7 Å². The fourth-order valence-electron chi connectivity index (χ4n) is 2.15. The quantitative estimate of drug-likeness (QED) is 0.479. The Hall–Kier alpha value is -1.91. The lowest BCUT2D eigenvalue weighted by atomic mass is 9.76. The Kier molecular flexibility index (Phi) is 2.32. The normalized spacial score (nSPS) is 10.9. The molecule has 82 valence electrons. The van der Waals surface area contributed by atoms with Gasteiger partial charge < -0.3 is 10.0 Å². The van der Waals surface area contributed by atoms with E-state index < -0.39 is 7.12 Å². The van der Waals surface area contributed by atoms with E-state index in [4.69, 9.17) is 0 Å². The van der Waals surface area contributed by atoms with Gasteiger partial charge in [0.05, 0.1) is 5.52 Å². The summed E-state index contributed by atoms with van der Waals surface area (Å²) in [6.45, 7) is 0. The molecule has 0 unspecified atom stereocenters. The fourth-order valence-corrected chi connectivity index (χ4v) is 2.15. The predicted molar refractivity (Wildman–Crippen MR) is 69.1 cm³/mol. The standard InChI is InChI=1S/C13H10BNO2/c16-14(17)12-8-9-4-1-2-5-10(9)13-11(12)6-3-7-15-13/h1-8,16-17H. The van der Waals surface area contributed by atoms with Gasteiger partial charge in [-0.05, 0) is 16.9 Å². The molecular formula is C13H10BNO2. The van der Waals surface area contributed by atoms with Crippen molar-refractivity contribution < 1.29 is 10.0 Å². The van der Waals surface area contributed by atoms with Gasteiger partial charge in [-0.15, -0.1) is 0 Å². The first kappa shape index (κ1) is 10.3. The smallest absolute Gasteiger partial charge is 0.423 e. The molecule has 0 aliphatic heterocycles. The molecule has 2 N–H and O–H groups in total. The van der Waals surface area contributed by atoms with Gasteiger partial charge in [0.2, 0.25) is 0 Å². The van der Waals surface area contributed by atoms with Crippen LogP contribution in [0.15, 0.2) is 48.7 Å². The molecule has 3 rings (SSSR count). The highest BCUT2D eigenvalue weighted by atomic mass is 16.4. The summed E-state index contributed by atoms with van der Waals surface area (Å²) < 4.78 is 0. The van der Waals surface area contributed by atoms with Gasteiger partial charge in [0.25, 0.3) is 0 Å². The molecule has 0 saturated heterocycles. The van der Waals surface area contributed by atoms with E-state index in [1.807, 2.05) is 30.3 Å². The van der Waals surface area contributed by atoms with Crippen LogP contribution in [0.1, 0.15) is 0 Å². The maximum atomic E-state index is 9.41. The lowest BCUT2D eigenvalue weighted by Crippen LogP contribution is -2.30. The third-order valence-electron chi connectivity index (χ3n) is 2.92. The van der Waals surface area contributed by atoms with Crippen LogP contribution >= 0.6 is 0 Å². The van der Waals surface area contributed by atoms with E-state index >= 15 is 0 Å². The number of aromatic nitrogens is 1. The summed E-state index contributed by atoms with van der Waals surface area (Å²) in [5.74, 6) is 0. The number of pyridine rings is 1. The Bertz CT molecular complexity index is 697. The van der Waals surface area contributed by atoms with Crippen LogP contribution in [0.2, 0.25) is 0 Å². The minimum Gasteiger partial charge on any atom is -0.423 e. The highest BCUT2D eigenvalue weighted by Gasteiger charge is 2.16. The van der Waals surface area contributed by atoms with Crippen molar-refractivity contribution >= 4 is 34.3 Å². The van der Waals surface area contributed by atoms with E-state index in [9.17, 15) is 10.0 Å². The second-order valence-electron chi connectivity index (χ2n) is 3.96. The second kappa shape index (κ2) is 3.84. The molecule has 0 spiro atoms. The van der Waals surface area contributed by atoms with E-state index in [1.54, 1.807) is 18.3 Å². The fraction of sp³-hybridized carbons (Fsp3) is 0. The van der Waals surface area contributed by atoms with Gasteiger partial charge in [-0.2, -0.15) is 0 Å². The first-order valence-electron chi connectivity index (χ1n) is 5.40. The maximum Gasteiger partial charge on any atom is 0.489 e. The van der Waals surface area contributed by atoms with Crippen molar-refractivity contribution in [2.24, 2.45) is 0 Å². The monoisotopic (exact) mass is 223 g/mol. The third-order valence-corrected chi connectivity index (χ3v) is 2.92. The Balaban J connectivity index is 2.55. The number of hydrogen-bond donors (Lipinski definition) is 2. The molecule has 0 saturated carbocycles. The van der Waals surface area contributed by atoms with Crippen LogP contribution in [0, 0.1) is 0 Å². The van der Waals surface area contributed by atoms with Crippen LogP contribution in [0.3, 0.4) is 0 Å². The van der Waals surface area contributed by atoms with Gasteiger partial charge in [-0.25, -0.2) is 0 Å². The zero-order chi connectivity index (χ0) is 11.8. The number of hydrogen-bond acceptors (Lipinski definition) is 3. The molecule has 0 aliphatic rings. The zero-order valence-corrected chi connectivity index (χ0v) is 9.04. The maximum absolute atomic E-state index is 9.41. The molecular weight excluding hydrogens is 213 g/mol. The summed E-state index contributed by atoms with van der Waals surface area (Å²) in [5.41, 5.74) is 1.29. The van der Waals surface area contributed by atoms with Crippen molar-refractivity contribution in [3.05, 3.63) is 48.7 Å². The Labute approximate surface area is 98.5 Å². The van der Waals surface area contributed by atoms with Crippen molar-refractivity contribution in [1.82, 2.24) is 4.98 Å². The average Bonchev–Trinajstić information content (AvgIpc) is 2.37. The van der Waals surface area contributed by atoms with Crippen LogP contribution in [-0.2, 0) is 0 Å². The van der Waals surface area contributed by atoms with E-state index in [0.29, 0.717) is 5.46 Å². The van der Waals surface area contributed by atoms with Gasteiger partial charge in [-0.1, -0.05) is 36.4 Å². The van der Waals surface area contributed by atoms with E-state index in [-0.39, 0.29) is 0 Å². The Morgan fingerprint density at radius 1 is 0.941 bits per heavy atom. The summed E-state index contributed by atoms with van der Waals surface area (Å²) in [6.07, 6.45) is 1.71. The molecule has 0 aliphatic carbocycles. The largest absolute Gasteiger partial charge is 0.489 e. The molecule has 1 aromatic heterocycles. The van der Waals surface area contributed by atoms with Gasteiger partial charge in [0, 0.05) is 17.0 Å². The summed E-state index contributed by atoms with van der Waals surface area (Å²) in [6, 6.07) is 13.2. The predicted octanol–water partition coefficient (Wildman–Crippen LogP) is 1.07. The summed E-state index contributed by atoms with van der Waals surface area (Å²) in [4.78, 5) is 4.33. The van der Waals surface area contributed by atoms with Crippen molar-refractivity contribution in [1.29, 1.82) is 0 Å². The van der Waals surface area contributed by atoms with Crippen molar-refractivity contribution in [3.63, 3.8) is 0 Å². The van der Waals surface area contributed by atoms with Crippen LogP contribution < -0.4 is 5.46 Å². The molecule has 3 aromatic rings. The molecule has 2 aromatic carbocycles. The van der Waals surface area contributed by atoms with Gasteiger partial charge >= 0.3 is 7.12 Å². The average molecular weight is 223 g/mol. The van der Waals surface area contributed by atoms with Crippen molar-refractivity contribution in [2.45, 2.75) is 0 Å². The first-order valence-corrected chi connectivity index (χ1v) is 5.40. The second-order valence-corrected chi connectivity index (χ2v) is 3.96. The molecule has 0 bridgehead atoms. The Morgan fingerprint density at radius 3 is 2.53 bits per heavy atom. The molecule has 0 atom stereocenters. The van der Waals surface area contributed by atoms with Crippen LogP contribution in [0.5, 0.6) is 0 Å². The van der Waals surface area contributed by atoms with E-state index in [2.05, 4.69) is 4.98 Å². The first-order chi connectivity index (χ1) is 8.27. The number of nitrogens with zero attached hydrogens (tertiary/aromatic N) is 1. The minimum atomic E-state index is -1.48. The van der Waals surface area contributed by atoms with Gasteiger partial charge in [0.1, 0.15) is 0 Å². The highest BCUT2D eigenvalue weighted by molar-refractivity contribution is 6.62. The van der Waals surface area contributed by atoms with Crippen molar-refractivity contribution in [3.8, 4) is 0 Å². The molecule has 17 heavy (non-hydrogen) atoms. The summed E-state index contributed by atoms with van der Waals surface area (Å²) >= 11 is 0. The lowest BCUT2D eigenvalue weighted by Gasteiger charge is -2.08. The molecule has 0 radical (unpaired) electrons. The molecule has 1 heterocycles. The van der Waals surface area contributed by atoms with Gasteiger partial charge in [-0.3, -0.25) is 4.98 Å². The molecule has 0 fully saturated rings. The minimum absolute atomic E-state index is 0.492. The number of benzene rings is 2. The number of rotatable bonds is 1. The number of fused-ring (bicyclic) bond motifs is 3. The Morgan fingerprint density at radius 2 is 1.71 bits per heavy atom. The highest BCUT2D eigenvalue weighted by Crippen LogP contribution is 2.21. The molecule has 4 heteroatoms. The van der Waals surface area contributed by atoms with Crippen molar-refractivity contribution in [2.75, 3.05) is 0 Å². The van der Waals surface area contributed by atoms with Gasteiger partial charge in [0.15, 0.2) is 0 Å². The third kappa shape index (κ3) is 1.58. The van der Waals surface area contributed by atoms with E-state index in [0.717, 1.165) is 21.7 Å². The summed E-state index contributed by atoms with van der Waals surface area (Å²) in [5, 5.41) is 21.6. The summed E-state index contributed by atoms with van der Waals surface area (Å²) in [7, 11) is -1.48. The molecule has 0 amide bonds. The van der Waals surface area contributed by atoms with Crippen LogP contribution in [-0.4, -0.2) is 22.2 Å².